The van der Waals surface area contributed by atoms with Crippen LogP contribution < -0.4 is 5.32 Å². The maximum absolute atomic E-state index is 11.3. The molecular formula is C10H13N3O6S. The van der Waals surface area contributed by atoms with Crippen LogP contribution in [0.3, 0.4) is 0 Å². The van der Waals surface area contributed by atoms with E-state index in [1.165, 1.54) is 6.92 Å². The first-order valence-corrected chi connectivity index (χ1v) is 7.41. The lowest BCUT2D eigenvalue weighted by Gasteiger charge is -2.06. The molecular weight excluding hydrogens is 290 g/mol. The Morgan fingerprint density at radius 3 is 2.70 bits per heavy atom. The summed E-state index contributed by atoms with van der Waals surface area (Å²) in [6, 6.07) is 0.999. The van der Waals surface area contributed by atoms with Gasteiger partial charge in [0.25, 0.3) is 0 Å². The number of carbonyl (C=O) groups is 1. The van der Waals surface area contributed by atoms with Gasteiger partial charge in [0.2, 0.25) is 0 Å². The quantitative estimate of drug-likeness (QED) is 0.549. The van der Waals surface area contributed by atoms with E-state index in [2.05, 4.69) is 10.3 Å². The minimum atomic E-state index is -3.15. The summed E-state index contributed by atoms with van der Waals surface area (Å²) in [5.74, 6) is -1.52. The number of sulfone groups is 1. The summed E-state index contributed by atoms with van der Waals surface area (Å²) < 4.78 is 22.5. The van der Waals surface area contributed by atoms with Gasteiger partial charge in [0, 0.05) is 18.4 Å². The maximum Gasteiger partial charge on any atom is 0.342 e. The smallest absolute Gasteiger partial charge is 0.342 e. The van der Waals surface area contributed by atoms with Crippen molar-refractivity contribution in [3.63, 3.8) is 0 Å². The molecule has 1 rings (SSSR count). The summed E-state index contributed by atoms with van der Waals surface area (Å²) in [5, 5.41) is 22.1. The van der Waals surface area contributed by atoms with Gasteiger partial charge in [-0.3, -0.25) is 10.1 Å². The Kier molecular flexibility index (Phi) is 4.97. The van der Waals surface area contributed by atoms with Crippen LogP contribution in [0.5, 0.6) is 0 Å². The summed E-state index contributed by atoms with van der Waals surface area (Å²) in [6.07, 6.45) is 0.820. The Balaban J connectivity index is 2.86. The van der Waals surface area contributed by atoms with Crippen molar-refractivity contribution in [1.29, 1.82) is 0 Å². The summed E-state index contributed by atoms with van der Waals surface area (Å²) in [5.41, 5.74) is -1.13. The van der Waals surface area contributed by atoms with E-state index >= 15 is 0 Å². The summed E-state index contributed by atoms with van der Waals surface area (Å²) >= 11 is 0. The number of aromatic nitrogens is 1. The number of nitrogens with one attached hydrogen (secondary N) is 1. The second kappa shape index (κ2) is 6.28. The van der Waals surface area contributed by atoms with Crippen LogP contribution in [0.25, 0.3) is 0 Å². The Morgan fingerprint density at radius 1 is 1.55 bits per heavy atom. The van der Waals surface area contributed by atoms with E-state index < -0.39 is 32.0 Å². The third-order valence-corrected chi connectivity index (χ3v) is 4.17. The average Bonchev–Trinajstić information content (AvgIpc) is 2.38. The molecule has 0 radical (unpaired) electrons. The number of hydrogen-bond acceptors (Lipinski definition) is 7. The highest BCUT2D eigenvalue weighted by Crippen LogP contribution is 2.20. The molecule has 0 bridgehead atoms. The van der Waals surface area contributed by atoms with E-state index in [-0.39, 0.29) is 23.9 Å². The van der Waals surface area contributed by atoms with Crippen molar-refractivity contribution in [3.05, 3.63) is 27.9 Å². The van der Waals surface area contributed by atoms with Crippen molar-refractivity contribution >= 4 is 27.3 Å². The molecule has 1 heterocycles. The second-order valence-electron chi connectivity index (χ2n) is 3.81. The Morgan fingerprint density at radius 2 is 2.20 bits per heavy atom. The molecule has 0 aliphatic carbocycles. The molecule has 0 saturated heterocycles. The normalized spacial score (nSPS) is 11.1. The van der Waals surface area contributed by atoms with Gasteiger partial charge >= 0.3 is 11.7 Å². The van der Waals surface area contributed by atoms with Crippen molar-refractivity contribution in [2.75, 3.05) is 23.4 Å². The average molecular weight is 303 g/mol. The molecule has 110 valence electrons. The Labute approximate surface area is 114 Å². The Bertz CT molecular complexity index is 628. The molecule has 0 amide bonds. The molecule has 0 fully saturated rings. The molecule has 9 nitrogen and oxygen atoms in total. The number of aromatic carboxylic acids is 1. The second-order valence-corrected chi connectivity index (χ2v) is 6.28. The molecule has 0 aliphatic rings. The number of rotatable bonds is 7. The fourth-order valence-electron chi connectivity index (χ4n) is 1.34. The number of anilines is 1. The lowest BCUT2D eigenvalue weighted by molar-refractivity contribution is -0.385. The van der Waals surface area contributed by atoms with Gasteiger partial charge in [-0.05, 0) is 0 Å². The van der Waals surface area contributed by atoms with E-state index in [9.17, 15) is 23.3 Å². The first-order chi connectivity index (χ1) is 9.26. The van der Waals surface area contributed by atoms with E-state index in [0.717, 1.165) is 12.3 Å². The van der Waals surface area contributed by atoms with Crippen molar-refractivity contribution in [3.8, 4) is 0 Å². The molecule has 20 heavy (non-hydrogen) atoms. The standard InChI is InChI=1S/C10H13N3O6S/c1-2-20(18,19)4-3-11-9-5-7(10(14)15)8(6-12-9)13(16)17/h5-6H,2-4H2,1H3,(H,11,12)(H,14,15). The van der Waals surface area contributed by atoms with Crippen LogP contribution in [0.15, 0.2) is 12.3 Å². The third-order valence-electron chi connectivity index (χ3n) is 2.47. The summed E-state index contributed by atoms with van der Waals surface area (Å²) in [4.78, 5) is 24.4. The van der Waals surface area contributed by atoms with Crippen molar-refractivity contribution in [2.45, 2.75) is 6.92 Å². The van der Waals surface area contributed by atoms with Crippen LogP contribution in [0.2, 0.25) is 0 Å². The number of nitrogens with zero attached hydrogens (tertiary/aromatic N) is 2. The van der Waals surface area contributed by atoms with Gasteiger partial charge in [-0.25, -0.2) is 18.2 Å². The van der Waals surface area contributed by atoms with Crippen LogP contribution >= 0.6 is 0 Å². The minimum absolute atomic E-state index is 0.00272. The number of carboxylic acids is 1. The lowest BCUT2D eigenvalue weighted by atomic mass is 10.2. The molecule has 1 aromatic rings. The number of pyridine rings is 1. The van der Waals surface area contributed by atoms with E-state index in [4.69, 9.17) is 5.11 Å². The fourth-order valence-corrected chi connectivity index (χ4v) is 2.04. The van der Waals surface area contributed by atoms with Crippen LogP contribution in [-0.2, 0) is 9.84 Å². The van der Waals surface area contributed by atoms with Crippen LogP contribution in [0, 0.1) is 10.1 Å². The first kappa shape index (κ1) is 15.8. The summed E-state index contributed by atoms with van der Waals surface area (Å²) in [7, 11) is -3.15. The van der Waals surface area contributed by atoms with Gasteiger partial charge in [-0.1, -0.05) is 6.92 Å². The predicted octanol–water partition coefficient (Wildman–Crippen LogP) is 0.535. The first-order valence-electron chi connectivity index (χ1n) is 5.59. The minimum Gasteiger partial charge on any atom is -0.477 e. The molecule has 0 saturated carbocycles. The molecule has 1 aromatic heterocycles. The van der Waals surface area contributed by atoms with Gasteiger partial charge in [-0.15, -0.1) is 0 Å². The van der Waals surface area contributed by atoms with Gasteiger partial charge in [0.05, 0.1) is 10.7 Å². The number of nitro groups is 1. The van der Waals surface area contributed by atoms with Crippen LogP contribution in [0.1, 0.15) is 17.3 Å². The summed E-state index contributed by atoms with van der Waals surface area (Å²) in [6.45, 7) is 1.56. The van der Waals surface area contributed by atoms with Crippen LogP contribution in [-0.4, -0.2) is 47.5 Å². The van der Waals surface area contributed by atoms with E-state index in [1.54, 1.807) is 0 Å². The monoisotopic (exact) mass is 303 g/mol. The number of hydrogen-bond donors (Lipinski definition) is 2. The zero-order chi connectivity index (χ0) is 15.3. The highest BCUT2D eigenvalue weighted by atomic mass is 32.2. The molecule has 0 atom stereocenters. The van der Waals surface area contributed by atoms with Crippen LogP contribution in [0.4, 0.5) is 11.5 Å². The van der Waals surface area contributed by atoms with Crippen molar-refractivity contribution < 1.29 is 23.2 Å². The zero-order valence-electron chi connectivity index (χ0n) is 10.6. The third kappa shape index (κ3) is 4.16. The molecule has 0 aromatic carbocycles. The molecule has 2 N–H and O–H groups in total. The predicted molar refractivity (Wildman–Crippen MR) is 70.7 cm³/mol. The van der Waals surface area contributed by atoms with Gasteiger partial charge < -0.3 is 10.4 Å². The lowest BCUT2D eigenvalue weighted by Crippen LogP contribution is -2.18. The molecule has 0 spiro atoms. The zero-order valence-corrected chi connectivity index (χ0v) is 11.4. The van der Waals surface area contributed by atoms with Crippen molar-refractivity contribution in [2.24, 2.45) is 0 Å². The highest BCUT2D eigenvalue weighted by molar-refractivity contribution is 7.91. The SMILES string of the molecule is CCS(=O)(=O)CCNc1cc(C(=O)O)c([N+](=O)[O-])cn1. The molecule has 0 unspecified atom stereocenters. The van der Waals surface area contributed by atoms with Crippen molar-refractivity contribution in [1.82, 2.24) is 4.98 Å². The molecule has 10 heteroatoms. The van der Waals surface area contributed by atoms with Gasteiger partial charge in [-0.2, -0.15) is 0 Å². The highest BCUT2D eigenvalue weighted by Gasteiger charge is 2.21. The largest absolute Gasteiger partial charge is 0.477 e. The van der Waals surface area contributed by atoms with E-state index in [1.807, 2.05) is 0 Å². The van der Waals surface area contributed by atoms with Gasteiger partial charge in [0.1, 0.15) is 17.6 Å². The van der Waals surface area contributed by atoms with E-state index in [0.29, 0.717) is 0 Å². The Hall–Kier alpha value is -2.23. The van der Waals surface area contributed by atoms with Gasteiger partial charge in [0.15, 0.2) is 9.84 Å². The fraction of sp³-hybridized carbons (Fsp3) is 0.400. The maximum atomic E-state index is 11.3. The topological polar surface area (TPSA) is 140 Å². The molecule has 0 aliphatic heterocycles. The number of carboxylic acid groups (broad SMARTS) is 1.